The average molecular weight is 553 g/mol. The van der Waals surface area contributed by atoms with Gasteiger partial charge in [0.2, 0.25) is 0 Å². The summed E-state index contributed by atoms with van der Waals surface area (Å²) >= 11 is 0. The molecule has 210 valence electrons. The lowest BCUT2D eigenvalue weighted by Gasteiger charge is -2.13. The summed E-state index contributed by atoms with van der Waals surface area (Å²) in [5.41, 5.74) is 2.42. The van der Waals surface area contributed by atoms with E-state index < -0.39 is 11.9 Å². The summed E-state index contributed by atoms with van der Waals surface area (Å²) < 4.78 is 44.0. The van der Waals surface area contributed by atoms with Crippen molar-refractivity contribution < 1.29 is 18.3 Å². The molecule has 0 saturated heterocycles. The molecule has 0 radical (unpaired) electrons. The van der Waals surface area contributed by atoms with Gasteiger partial charge < -0.3 is 9.67 Å². The van der Waals surface area contributed by atoms with Crippen molar-refractivity contribution in [1.82, 2.24) is 18.7 Å². The number of halogens is 3. The second-order valence-electron chi connectivity index (χ2n) is 9.73. The number of rotatable bonds is 8. The van der Waals surface area contributed by atoms with Crippen LogP contribution in [0.3, 0.4) is 0 Å². The lowest BCUT2D eigenvalue weighted by molar-refractivity contribution is -0.140. The molecule has 0 atom stereocenters. The molecule has 1 N–H and O–H groups in total. The van der Waals surface area contributed by atoms with Gasteiger partial charge in [-0.15, -0.1) is 0 Å². The summed E-state index contributed by atoms with van der Waals surface area (Å²) in [6.07, 6.45) is -3.72. The predicted molar refractivity (Wildman–Crippen MR) is 150 cm³/mol. The van der Waals surface area contributed by atoms with Gasteiger partial charge in [-0.1, -0.05) is 62.4 Å². The molecular weight excluding hydrogens is 521 g/mol. The van der Waals surface area contributed by atoms with Crippen LogP contribution in [0.25, 0.3) is 11.4 Å². The number of amidine groups is 1. The molecule has 2 heterocycles. The van der Waals surface area contributed by atoms with E-state index in [0.717, 1.165) is 22.9 Å². The number of hydrogen-bond acceptors (Lipinski definition) is 4. The Bertz CT molecular complexity index is 1610. The number of hydrogen-bond donors (Lipinski definition) is 1. The third kappa shape index (κ3) is 5.69. The Hall–Kier alpha value is -4.25. The van der Waals surface area contributed by atoms with Gasteiger partial charge >= 0.3 is 11.9 Å². The molecule has 2 aromatic carbocycles. The van der Waals surface area contributed by atoms with E-state index in [4.69, 9.17) is 4.99 Å². The van der Waals surface area contributed by atoms with Gasteiger partial charge in [0.1, 0.15) is 5.82 Å². The highest BCUT2D eigenvalue weighted by Gasteiger charge is 2.35. The van der Waals surface area contributed by atoms with Crippen molar-refractivity contribution in [3.63, 3.8) is 0 Å². The smallest absolute Gasteiger partial charge is 0.395 e. The highest BCUT2D eigenvalue weighted by atomic mass is 19.4. The second kappa shape index (κ2) is 11.5. The monoisotopic (exact) mass is 552 g/mol. The van der Waals surface area contributed by atoms with Crippen molar-refractivity contribution in [3.8, 4) is 11.4 Å². The highest BCUT2D eigenvalue weighted by Crippen LogP contribution is 2.31. The van der Waals surface area contributed by atoms with Crippen LogP contribution in [-0.4, -0.2) is 43.0 Å². The van der Waals surface area contributed by atoms with E-state index in [2.05, 4.69) is 30.5 Å². The predicted octanol–water partition coefficient (Wildman–Crippen LogP) is 5.32. The fraction of sp³-hybridized carbons (Fsp3) is 0.310. The van der Waals surface area contributed by atoms with Gasteiger partial charge in [0.15, 0.2) is 17.3 Å². The van der Waals surface area contributed by atoms with E-state index >= 15 is 0 Å². The molecule has 0 spiro atoms. The summed E-state index contributed by atoms with van der Waals surface area (Å²) in [5, 5.41) is 9.30. The van der Waals surface area contributed by atoms with Gasteiger partial charge in [-0.05, 0) is 30.7 Å². The molecule has 0 aliphatic heterocycles. The highest BCUT2D eigenvalue weighted by molar-refractivity contribution is 6.04. The number of nitrogens with zero attached hydrogens (tertiary/aromatic N) is 6. The molecule has 0 amide bonds. The fourth-order valence-corrected chi connectivity index (χ4v) is 4.53. The van der Waals surface area contributed by atoms with Gasteiger partial charge in [-0.3, -0.25) is 9.13 Å². The number of aromatic nitrogens is 4. The van der Waals surface area contributed by atoms with Crippen LogP contribution in [0.2, 0.25) is 0 Å². The van der Waals surface area contributed by atoms with Gasteiger partial charge in [0.05, 0.1) is 18.8 Å². The molecule has 0 saturated carbocycles. The molecule has 4 aromatic rings. The standard InChI is InChI=1S/C29H31F3N6O2/c1-18(2)22-8-6-7-9-23(22)25(33-4)35-26-19(3)36(5)28(40)38(26)16-20-10-12-21(13-11-20)27-34-24(29(30,31)32)17-37(27)14-15-39/h6-13,17-18,39H,4,14-16H2,1-3,5H3/b35-25-. The Kier molecular flexibility index (Phi) is 8.24. The fourth-order valence-electron chi connectivity index (χ4n) is 4.53. The zero-order valence-electron chi connectivity index (χ0n) is 22.8. The summed E-state index contributed by atoms with van der Waals surface area (Å²) in [6, 6.07) is 14.5. The van der Waals surface area contributed by atoms with Crippen molar-refractivity contribution in [2.24, 2.45) is 17.0 Å². The van der Waals surface area contributed by atoms with Gasteiger partial charge in [0, 0.05) is 30.9 Å². The van der Waals surface area contributed by atoms with Gasteiger partial charge in [-0.25, -0.2) is 19.8 Å². The first-order valence-electron chi connectivity index (χ1n) is 12.7. The van der Waals surface area contributed by atoms with Gasteiger partial charge in [-0.2, -0.15) is 13.2 Å². The zero-order valence-corrected chi connectivity index (χ0v) is 22.8. The molecule has 0 unspecified atom stereocenters. The second-order valence-corrected chi connectivity index (χ2v) is 9.73. The molecule has 4 rings (SSSR count). The third-order valence-corrected chi connectivity index (χ3v) is 6.75. The van der Waals surface area contributed by atoms with Crippen LogP contribution in [0.1, 0.15) is 47.8 Å². The number of imidazole rings is 2. The first-order chi connectivity index (χ1) is 19.0. The summed E-state index contributed by atoms with van der Waals surface area (Å²) in [6.45, 7) is 9.48. The number of aliphatic hydroxyl groups is 1. The van der Waals surface area contributed by atoms with Crippen LogP contribution in [0.5, 0.6) is 0 Å². The summed E-state index contributed by atoms with van der Waals surface area (Å²) in [4.78, 5) is 25.9. The molecule has 8 nitrogen and oxygen atoms in total. The Morgan fingerprint density at radius 2 is 1.80 bits per heavy atom. The van der Waals surface area contributed by atoms with Crippen LogP contribution in [-0.2, 0) is 26.3 Å². The first-order valence-corrected chi connectivity index (χ1v) is 12.7. The normalized spacial score (nSPS) is 12.4. The minimum absolute atomic E-state index is 0.0280. The van der Waals surface area contributed by atoms with Gasteiger partial charge in [0.25, 0.3) is 0 Å². The minimum atomic E-state index is -4.60. The van der Waals surface area contributed by atoms with Crippen molar-refractivity contribution >= 4 is 18.4 Å². The SMILES string of the molecule is C=N/C(=N\c1c(C)n(C)c(=O)n1Cc1ccc(-c2nc(C(F)(F)F)cn2CCO)cc1)c1ccccc1C(C)C. The van der Waals surface area contributed by atoms with Crippen LogP contribution < -0.4 is 5.69 Å². The zero-order chi connectivity index (χ0) is 29.2. The lowest BCUT2D eigenvalue weighted by Crippen LogP contribution is -2.23. The van der Waals surface area contributed by atoms with Crippen molar-refractivity contribution in [2.75, 3.05) is 6.61 Å². The molecule has 0 aliphatic rings. The van der Waals surface area contributed by atoms with E-state index in [0.29, 0.717) is 22.9 Å². The Morgan fingerprint density at radius 3 is 2.40 bits per heavy atom. The Labute approximate surface area is 229 Å². The molecule has 2 aromatic heterocycles. The van der Waals surface area contributed by atoms with Crippen LogP contribution >= 0.6 is 0 Å². The number of aliphatic hydroxyl groups excluding tert-OH is 1. The topological polar surface area (TPSA) is 89.7 Å². The quantitative estimate of drug-likeness (QED) is 0.237. The summed E-state index contributed by atoms with van der Waals surface area (Å²) in [5.74, 6) is 1.15. The molecule has 0 fully saturated rings. The average Bonchev–Trinajstić information content (AvgIpc) is 3.44. The molecule has 0 bridgehead atoms. The minimum Gasteiger partial charge on any atom is -0.395 e. The maximum Gasteiger partial charge on any atom is 0.434 e. The Balaban J connectivity index is 1.72. The summed E-state index contributed by atoms with van der Waals surface area (Å²) in [7, 11) is 1.67. The molecule has 40 heavy (non-hydrogen) atoms. The van der Waals surface area contributed by atoms with E-state index in [-0.39, 0.29) is 37.1 Å². The van der Waals surface area contributed by atoms with E-state index in [9.17, 15) is 23.1 Å². The first kappa shape index (κ1) is 28.8. The lowest BCUT2D eigenvalue weighted by atomic mass is 9.96. The van der Waals surface area contributed by atoms with Crippen molar-refractivity contribution in [2.45, 2.75) is 46.0 Å². The number of aliphatic imine (C=N–C) groups is 2. The van der Waals surface area contributed by atoms with E-state index in [1.165, 1.54) is 13.7 Å². The number of benzene rings is 2. The van der Waals surface area contributed by atoms with Crippen molar-refractivity contribution in [1.29, 1.82) is 0 Å². The van der Waals surface area contributed by atoms with Crippen LogP contribution in [0, 0.1) is 6.92 Å². The molecular formula is C29H31F3N6O2. The third-order valence-electron chi connectivity index (χ3n) is 6.75. The maximum atomic E-state index is 13.2. The number of alkyl halides is 3. The van der Waals surface area contributed by atoms with Crippen molar-refractivity contribution in [3.05, 3.63) is 93.3 Å². The maximum absolute atomic E-state index is 13.2. The molecule has 11 heteroatoms. The van der Waals surface area contributed by atoms with Crippen LogP contribution in [0.15, 0.2) is 69.5 Å². The largest absolute Gasteiger partial charge is 0.434 e. The van der Waals surface area contributed by atoms with E-state index in [1.54, 1.807) is 38.2 Å². The van der Waals surface area contributed by atoms with E-state index in [1.807, 2.05) is 24.3 Å². The molecule has 0 aliphatic carbocycles. The van der Waals surface area contributed by atoms with Crippen LogP contribution in [0.4, 0.5) is 19.0 Å². The Morgan fingerprint density at radius 1 is 1.12 bits per heavy atom.